The second-order valence-corrected chi connectivity index (χ2v) is 4.68. The number of nitrogens with zero attached hydrogens (tertiary/aromatic N) is 2. The summed E-state index contributed by atoms with van der Waals surface area (Å²) < 4.78 is 2.00. The molecule has 1 aromatic rings. The summed E-state index contributed by atoms with van der Waals surface area (Å²) in [5.74, 6) is 1.46. The van der Waals surface area contributed by atoms with Gasteiger partial charge in [0.05, 0.1) is 0 Å². The molecule has 0 bridgehead atoms. The Hall–Kier alpha value is -0.990. The first-order valence-corrected chi connectivity index (χ1v) is 5.89. The Labute approximate surface area is 92.7 Å². The van der Waals surface area contributed by atoms with Crippen LogP contribution in [0.15, 0.2) is 6.07 Å². The fraction of sp³-hybridized carbons (Fsp3) is 0.750. The molecular formula is C12H23N3. The number of nitrogen functional groups attached to an aromatic ring is 1. The second-order valence-electron chi connectivity index (χ2n) is 4.68. The van der Waals surface area contributed by atoms with Gasteiger partial charge in [0, 0.05) is 18.3 Å². The number of anilines is 1. The smallest absolute Gasteiger partial charge is 0.145 e. The van der Waals surface area contributed by atoms with Gasteiger partial charge in [-0.15, -0.1) is 0 Å². The Morgan fingerprint density at radius 1 is 1.33 bits per heavy atom. The predicted octanol–water partition coefficient (Wildman–Crippen LogP) is 2.99. The molecule has 2 N–H and O–H groups in total. The fourth-order valence-corrected chi connectivity index (χ4v) is 1.75. The molecule has 3 nitrogen and oxygen atoms in total. The Bertz CT molecular complexity index is 289. The van der Waals surface area contributed by atoms with Gasteiger partial charge in [0.1, 0.15) is 5.82 Å². The third-order valence-corrected chi connectivity index (χ3v) is 2.65. The van der Waals surface area contributed by atoms with Crippen molar-refractivity contribution in [1.29, 1.82) is 0 Å². The lowest BCUT2D eigenvalue weighted by atomic mass is 10.1. The summed E-state index contributed by atoms with van der Waals surface area (Å²) in [5.41, 5.74) is 6.78. The van der Waals surface area contributed by atoms with E-state index in [4.69, 9.17) is 5.73 Å². The fourth-order valence-electron chi connectivity index (χ4n) is 1.75. The van der Waals surface area contributed by atoms with Crippen molar-refractivity contribution in [2.24, 2.45) is 5.92 Å². The predicted molar refractivity (Wildman–Crippen MR) is 64.7 cm³/mol. The third kappa shape index (κ3) is 4.36. The molecule has 86 valence electrons. The number of nitrogens with two attached hydrogens (primary N) is 1. The maximum Gasteiger partial charge on any atom is 0.145 e. The SMILES string of the molecule is Cc1cc(N)nn1CCCCCC(C)C. The van der Waals surface area contributed by atoms with Crippen LogP contribution in [-0.2, 0) is 6.54 Å². The number of aryl methyl sites for hydroxylation is 2. The van der Waals surface area contributed by atoms with Crippen LogP contribution in [0.2, 0.25) is 0 Å². The Balaban J connectivity index is 2.17. The maximum atomic E-state index is 5.62. The van der Waals surface area contributed by atoms with Crippen LogP contribution < -0.4 is 5.73 Å². The zero-order valence-corrected chi connectivity index (χ0v) is 10.2. The average molecular weight is 209 g/mol. The van der Waals surface area contributed by atoms with E-state index in [1.165, 1.54) is 25.7 Å². The van der Waals surface area contributed by atoms with Crippen molar-refractivity contribution < 1.29 is 0 Å². The van der Waals surface area contributed by atoms with E-state index < -0.39 is 0 Å². The Morgan fingerprint density at radius 3 is 2.60 bits per heavy atom. The molecule has 0 fully saturated rings. The summed E-state index contributed by atoms with van der Waals surface area (Å²) in [6, 6.07) is 1.92. The molecular weight excluding hydrogens is 186 g/mol. The van der Waals surface area contributed by atoms with Gasteiger partial charge in [0.2, 0.25) is 0 Å². The largest absolute Gasteiger partial charge is 0.382 e. The van der Waals surface area contributed by atoms with Crippen molar-refractivity contribution in [3.63, 3.8) is 0 Å². The maximum absolute atomic E-state index is 5.62. The quantitative estimate of drug-likeness (QED) is 0.732. The van der Waals surface area contributed by atoms with Gasteiger partial charge in [-0.05, 0) is 19.3 Å². The van der Waals surface area contributed by atoms with Crippen LogP contribution in [0, 0.1) is 12.8 Å². The minimum absolute atomic E-state index is 0.634. The molecule has 0 aliphatic rings. The van der Waals surface area contributed by atoms with Gasteiger partial charge in [-0.3, -0.25) is 4.68 Å². The molecule has 1 rings (SSSR count). The van der Waals surface area contributed by atoms with Gasteiger partial charge in [0.15, 0.2) is 0 Å². The highest BCUT2D eigenvalue weighted by molar-refractivity contribution is 5.28. The van der Waals surface area contributed by atoms with E-state index in [2.05, 4.69) is 25.9 Å². The Morgan fingerprint density at radius 2 is 2.07 bits per heavy atom. The van der Waals surface area contributed by atoms with Gasteiger partial charge in [-0.1, -0.05) is 33.1 Å². The van der Waals surface area contributed by atoms with Crippen LogP contribution in [0.5, 0.6) is 0 Å². The van der Waals surface area contributed by atoms with E-state index in [1.807, 2.05) is 10.7 Å². The summed E-state index contributed by atoms with van der Waals surface area (Å²) in [5, 5.41) is 4.24. The molecule has 1 aromatic heterocycles. The summed E-state index contributed by atoms with van der Waals surface area (Å²) in [6.45, 7) is 7.61. The van der Waals surface area contributed by atoms with Crippen molar-refractivity contribution >= 4 is 5.82 Å². The van der Waals surface area contributed by atoms with E-state index in [0.29, 0.717) is 5.82 Å². The molecule has 0 aromatic carbocycles. The van der Waals surface area contributed by atoms with Crippen LogP contribution in [-0.4, -0.2) is 9.78 Å². The molecule has 0 amide bonds. The zero-order valence-electron chi connectivity index (χ0n) is 10.2. The standard InChI is InChI=1S/C12H23N3/c1-10(2)7-5-4-6-8-15-11(3)9-12(13)14-15/h9-10H,4-8H2,1-3H3,(H2,13,14). The molecule has 0 radical (unpaired) electrons. The van der Waals surface area contributed by atoms with Gasteiger partial charge in [-0.25, -0.2) is 0 Å². The molecule has 0 saturated carbocycles. The highest BCUT2D eigenvalue weighted by Crippen LogP contribution is 2.10. The van der Waals surface area contributed by atoms with Crippen LogP contribution in [0.4, 0.5) is 5.82 Å². The number of aromatic nitrogens is 2. The lowest BCUT2D eigenvalue weighted by Crippen LogP contribution is -2.03. The number of hydrogen-bond donors (Lipinski definition) is 1. The molecule has 0 spiro atoms. The molecule has 0 saturated heterocycles. The van der Waals surface area contributed by atoms with Crippen molar-refractivity contribution in [3.8, 4) is 0 Å². The van der Waals surface area contributed by atoms with E-state index in [-0.39, 0.29) is 0 Å². The third-order valence-electron chi connectivity index (χ3n) is 2.65. The first-order chi connectivity index (χ1) is 7.09. The van der Waals surface area contributed by atoms with Gasteiger partial charge >= 0.3 is 0 Å². The first-order valence-electron chi connectivity index (χ1n) is 5.89. The summed E-state index contributed by atoms with van der Waals surface area (Å²) in [7, 11) is 0. The van der Waals surface area contributed by atoms with Gasteiger partial charge in [0.25, 0.3) is 0 Å². The van der Waals surface area contributed by atoms with Crippen molar-refractivity contribution in [3.05, 3.63) is 11.8 Å². The highest BCUT2D eigenvalue weighted by atomic mass is 15.3. The van der Waals surface area contributed by atoms with Crippen LogP contribution in [0.3, 0.4) is 0 Å². The summed E-state index contributed by atoms with van der Waals surface area (Å²) in [6.07, 6.45) is 5.15. The zero-order chi connectivity index (χ0) is 11.3. The van der Waals surface area contributed by atoms with Crippen LogP contribution in [0.1, 0.15) is 45.2 Å². The van der Waals surface area contributed by atoms with E-state index >= 15 is 0 Å². The number of rotatable bonds is 6. The minimum atomic E-state index is 0.634. The molecule has 0 atom stereocenters. The summed E-state index contributed by atoms with van der Waals surface area (Å²) >= 11 is 0. The molecule has 0 aliphatic heterocycles. The number of hydrogen-bond acceptors (Lipinski definition) is 2. The normalized spacial score (nSPS) is 11.2. The van der Waals surface area contributed by atoms with Gasteiger partial charge in [-0.2, -0.15) is 5.10 Å². The molecule has 15 heavy (non-hydrogen) atoms. The molecule has 0 aliphatic carbocycles. The van der Waals surface area contributed by atoms with Crippen molar-refractivity contribution in [1.82, 2.24) is 9.78 Å². The van der Waals surface area contributed by atoms with Crippen LogP contribution >= 0.6 is 0 Å². The first kappa shape index (κ1) is 12.1. The van der Waals surface area contributed by atoms with Crippen molar-refractivity contribution in [2.75, 3.05) is 5.73 Å². The topological polar surface area (TPSA) is 43.8 Å². The second kappa shape index (κ2) is 5.79. The van der Waals surface area contributed by atoms with E-state index in [1.54, 1.807) is 0 Å². The lowest BCUT2D eigenvalue weighted by Gasteiger charge is -2.05. The van der Waals surface area contributed by atoms with E-state index in [9.17, 15) is 0 Å². The monoisotopic (exact) mass is 209 g/mol. The lowest BCUT2D eigenvalue weighted by molar-refractivity contribution is 0.490. The van der Waals surface area contributed by atoms with Gasteiger partial charge < -0.3 is 5.73 Å². The van der Waals surface area contributed by atoms with Crippen molar-refractivity contribution in [2.45, 2.75) is 53.0 Å². The van der Waals surface area contributed by atoms with Crippen LogP contribution in [0.25, 0.3) is 0 Å². The average Bonchev–Trinajstić information content (AvgIpc) is 2.44. The summed E-state index contributed by atoms with van der Waals surface area (Å²) in [4.78, 5) is 0. The molecule has 0 unspecified atom stereocenters. The van der Waals surface area contributed by atoms with E-state index in [0.717, 1.165) is 18.2 Å². The Kier molecular flexibility index (Phi) is 4.66. The number of unbranched alkanes of at least 4 members (excludes halogenated alkanes) is 2. The minimum Gasteiger partial charge on any atom is -0.382 e. The molecule has 3 heteroatoms. The highest BCUT2D eigenvalue weighted by Gasteiger charge is 2.00. The molecule has 1 heterocycles.